The van der Waals surface area contributed by atoms with Gasteiger partial charge in [-0.15, -0.1) is 0 Å². The molecule has 1 rings (SSSR count). The summed E-state index contributed by atoms with van der Waals surface area (Å²) in [6, 6.07) is 3.77. The minimum Gasteiger partial charge on any atom is -0.264 e. The van der Waals surface area contributed by atoms with Crippen molar-refractivity contribution in [3.63, 3.8) is 0 Å². The first-order valence-corrected chi connectivity index (χ1v) is 4.65. The van der Waals surface area contributed by atoms with E-state index in [9.17, 15) is 14.5 Å². The Kier molecular flexibility index (Phi) is 3.50. The van der Waals surface area contributed by atoms with Crippen molar-refractivity contribution in [2.24, 2.45) is 0 Å². The van der Waals surface area contributed by atoms with Gasteiger partial charge in [-0.25, -0.2) is 4.39 Å². The van der Waals surface area contributed by atoms with Crippen LogP contribution in [0.5, 0.6) is 0 Å². The SMILES string of the molecule is O=[N+]([O-])CSc1ccc(F)cc1Cl. The average Bonchev–Trinajstić information content (AvgIpc) is 2.02. The highest BCUT2D eigenvalue weighted by Crippen LogP contribution is 2.27. The van der Waals surface area contributed by atoms with E-state index in [4.69, 9.17) is 11.6 Å². The number of benzene rings is 1. The molecule has 0 heterocycles. The summed E-state index contributed by atoms with van der Waals surface area (Å²) < 4.78 is 12.5. The summed E-state index contributed by atoms with van der Waals surface area (Å²) in [5.41, 5.74) is 0. The van der Waals surface area contributed by atoms with Gasteiger partial charge in [0.05, 0.1) is 5.02 Å². The Balaban J connectivity index is 2.72. The van der Waals surface area contributed by atoms with Gasteiger partial charge in [-0.3, -0.25) is 10.1 Å². The summed E-state index contributed by atoms with van der Waals surface area (Å²) in [6.45, 7) is 0. The molecule has 3 nitrogen and oxygen atoms in total. The van der Waals surface area contributed by atoms with Crippen LogP contribution in [0.3, 0.4) is 0 Å². The Morgan fingerprint density at radius 1 is 1.62 bits per heavy atom. The van der Waals surface area contributed by atoms with Crippen LogP contribution in [0.4, 0.5) is 4.39 Å². The molecule has 0 N–H and O–H groups in total. The highest BCUT2D eigenvalue weighted by atomic mass is 35.5. The third-order valence-corrected chi connectivity index (χ3v) is 2.65. The molecule has 6 heteroatoms. The maximum atomic E-state index is 12.5. The van der Waals surface area contributed by atoms with E-state index in [1.165, 1.54) is 12.1 Å². The normalized spacial score (nSPS) is 10.0. The molecular weight excluding hydrogens is 217 g/mol. The molecule has 0 spiro atoms. The van der Waals surface area contributed by atoms with Crippen LogP contribution < -0.4 is 0 Å². The predicted molar refractivity (Wildman–Crippen MR) is 49.1 cm³/mol. The predicted octanol–water partition coefficient (Wildman–Crippen LogP) is 2.81. The van der Waals surface area contributed by atoms with Crippen LogP contribution >= 0.6 is 23.4 Å². The van der Waals surface area contributed by atoms with Crippen molar-refractivity contribution >= 4 is 23.4 Å². The van der Waals surface area contributed by atoms with Gasteiger partial charge in [-0.2, -0.15) is 0 Å². The lowest BCUT2D eigenvalue weighted by molar-refractivity contribution is -0.456. The number of hydrogen-bond donors (Lipinski definition) is 0. The molecule has 0 aliphatic carbocycles. The fourth-order valence-corrected chi connectivity index (χ4v) is 1.65. The van der Waals surface area contributed by atoms with Crippen LogP contribution in [0.2, 0.25) is 5.02 Å². The molecular formula is C7H5ClFNO2S. The molecule has 0 amide bonds. The Morgan fingerprint density at radius 3 is 2.85 bits per heavy atom. The van der Waals surface area contributed by atoms with Gasteiger partial charge < -0.3 is 0 Å². The van der Waals surface area contributed by atoms with Gasteiger partial charge in [0.2, 0.25) is 0 Å². The molecule has 0 bridgehead atoms. The van der Waals surface area contributed by atoms with Crippen molar-refractivity contribution in [1.29, 1.82) is 0 Å². The summed E-state index contributed by atoms with van der Waals surface area (Å²) >= 11 is 6.60. The van der Waals surface area contributed by atoms with Crippen molar-refractivity contribution in [3.8, 4) is 0 Å². The zero-order valence-corrected chi connectivity index (χ0v) is 7.94. The Bertz CT molecular complexity index is 334. The Hall–Kier alpha value is -0.810. The van der Waals surface area contributed by atoms with Gasteiger partial charge in [0.25, 0.3) is 5.88 Å². The molecule has 1 aromatic rings. The minimum absolute atomic E-state index is 0.201. The lowest BCUT2D eigenvalue weighted by Gasteiger charge is -1.99. The molecule has 0 aromatic heterocycles. The smallest absolute Gasteiger partial charge is 0.253 e. The summed E-state index contributed by atoms with van der Waals surface area (Å²) in [5.74, 6) is -0.721. The molecule has 0 saturated heterocycles. The first-order valence-electron chi connectivity index (χ1n) is 3.29. The fourth-order valence-electron chi connectivity index (χ4n) is 0.715. The number of nitrogens with zero attached hydrogens (tertiary/aromatic N) is 1. The maximum Gasteiger partial charge on any atom is 0.253 e. The van der Waals surface area contributed by atoms with E-state index in [1.807, 2.05) is 0 Å². The van der Waals surface area contributed by atoms with Gasteiger partial charge in [0.15, 0.2) is 0 Å². The summed E-state index contributed by atoms with van der Waals surface area (Å²) in [7, 11) is 0. The van der Waals surface area contributed by atoms with Gasteiger partial charge in [0.1, 0.15) is 5.82 Å². The van der Waals surface area contributed by atoms with Crippen LogP contribution in [0.1, 0.15) is 0 Å². The lowest BCUT2D eigenvalue weighted by Crippen LogP contribution is -1.95. The Morgan fingerprint density at radius 2 is 2.31 bits per heavy atom. The highest BCUT2D eigenvalue weighted by molar-refractivity contribution is 7.99. The van der Waals surface area contributed by atoms with Crippen LogP contribution in [0.15, 0.2) is 23.1 Å². The van der Waals surface area contributed by atoms with E-state index >= 15 is 0 Å². The molecule has 0 atom stereocenters. The van der Waals surface area contributed by atoms with Crippen LogP contribution in [-0.4, -0.2) is 10.8 Å². The van der Waals surface area contributed by atoms with Crippen molar-refractivity contribution in [3.05, 3.63) is 39.2 Å². The first kappa shape index (κ1) is 10.3. The molecule has 0 aliphatic heterocycles. The number of nitro groups is 1. The quantitative estimate of drug-likeness (QED) is 0.341. The van der Waals surface area contributed by atoms with Crippen LogP contribution in [0, 0.1) is 15.9 Å². The fraction of sp³-hybridized carbons (Fsp3) is 0.143. The van der Waals surface area contributed by atoms with E-state index in [0.717, 1.165) is 17.8 Å². The molecule has 0 saturated carbocycles. The summed E-state index contributed by atoms with van der Waals surface area (Å²) in [5, 5.41) is 10.2. The summed E-state index contributed by atoms with van der Waals surface area (Å²) in [6.07, 6.45) is 0. The van der Waals surface area contributed by atoms with Gasteiger partial charge in [-0.1, -0.05) is 11.6 Å². The monoisotopic (exact) mass is 221 g/mol. The van der Waals surface area contributed by atoms with Crippen LogP contribution in [-0.2, 0) is 0 Å². The van der Waals surface area contributed by atoms with Crippen molar-refractivity contribution in [2.75, 3.05) is 5.88 Å². The molecule has 0 radical (unpaired) electrons. The third kappa shape index (κ3) is 3.20. The topological polar surface area (TPSA) is 43.1 Å². The van der Waals surface area contributed by atoms with E-state index in [-0.39, 0.29) is 10.9 Å². The van der Waals surface area contributed by atoms with Crippen molar-refractivity contribution < 1.29 is 9.31 Å². The molecule has 0 fully saturated rings. The number of halogens is 2. The largest absolute Gasteiger partial charge is 0.264 e. The first-order chi connectivity index (χ1) is 6.09. The third-order valence-electron chi connectivity index (χ3n) is 1.22. The van der Waals surface area contributed by atoms with E-state index in [2.05, 4.69) is 0 Å². The van der Waals surface area contributed by atoms with Gasteiger partial charge >= 0.3 is 0 Å². The average molecular weight is 222 g/mol. The molecule has 13 heavy (non-hydrogen) atoms. The number of hydrogen-bond acceptors (Lipinski definition) is 3. The zero-order valence-electron chi connectivity index (χ0n) is 6.37. The van der Waals surface area contributed by atoms with Crippen molar-refractivity contribution in [1.82, 2.24) is 0 Å². The molecule has 0 unspecified atom stereocenters. The standard InChI is InChI=1S/C7H5ClFNO2S/c8-6-3-5(9)1-2-7(6)13-4-10(11)12/h1-3H,4H2. The molecule has 1 aromatic carbocycles. The Labute approximate surface area is 83.0 Å². The maximum absolute atomic E-state index is 12.5. The van der Waals surface area contributed by atoms with E-state index in [0.29, 0.717) is 4.90 Å². The lowest BCUT2D eigenvalue weighted by atomic mass is 10.3. The summed E-state index contributed by atoms with van der Waals surface area (Å²) in [4.78, 5) is 10.1. The number of rotatable bonds is 3. The minimum atomic E-state index is -0.468. The van der Waals surface area contributed by atoms with Gasteiger partial charge in [0, 0.05) is 9.82 Å². The second kappa shape index (κ2) is 4.43. The van der Waals surface area contributed by atoms with Gasteiger partial charge in [-0.05, 0) is 30.0 Å². The zero-order chi connectivity index (χ0) is 9.84. The second-order valence-corrected chi connectivity index (χ2v) is 3.57. The van der Waals surface area contributed by atoms with E-state index < -0.39 is 10.7 Å². The van der Waals surface area contributed by atoms with E-state index in [1.54, 1.807) is 0 Å². The second-order valence-electron chi connectivity index (χ2n) is 2.18. The van der Waals surface area contributed by atoms with Crippen LogP contribution in [0.25, 0.3) is 0 Å². The molecule has 0 aliphatic rings. The highest BCUT2D eigenvalue weighted by Gasteiger charge is 2.05. The number of thioether (sulfide) groups is 1. The van der Waals surface area contributed by atoms with Crippen molar-refractivity contribution in [2.45, 2.75) is 4.90 Å². The molecule has 70 valence electrons.